The van der Waals surface area contributed by atoms with Gasteiger partial charge in [-0.2, -0.15) is 0 Å². The Kier molecular flexibility index (Phi) is 4.59. The van der Waals surface area contributed by atoms with Gasteiger partial charge in [0.2, 0.25) is 0 Å². The van der Waals surface area contributed by atoms with Crippen LogP contribution in [0.3, 0.4) is 0 Å². The number of halogens is 1. The minimum Gasteiger partial charge on any atom is -0.469 e. The monoisotopic (exact) mass is 267 g/mol. The molecule has 0 saturated carbocycles. The van der Waals surface area contributed by atoms with Crippen LogP contribution in [0.25, 0.3) is 10.4 Å². The number of nitrogens with zero attached hydrogens (tertiary/aromatic N) is 3. The topological polar surface area (TPSA) is 75.1 Å². The molecule has 0 radical (unpaired) electrons. The molecule has 96 valence electrons. The molecular weight excluding hydrogens is 254 g/mol. The Labute approximate surface area is 110 Å². The molecule has 0 spiro atoms. The van der Waals surface area contributed by atoms with E-state index in [0.29, 0.717) is 5.02 Å². The SMILES string of the molecule is COC(=O)C(N=[N+]=[N-])C(C)(C)c1ccc(Cl)cc1. The number of azide groups is 1. The van der Waals surface area contributed by atoms with Crippen LogP contribution in [0.1, 0.15) is 19.4 Å². The molecule has 0 aliphatic heterocycles. The summed E-state index contributed by atoms with van der Waals surface area (Å²) >= 11 is 5.82. The highest BCUT2D eigenvalue weighted by Crippen LogP contribution is 2.31. The maximum Gasteiger partial charge on any atom is 0.315 e. The summed E-state index contributed by atoms with van der Waals surface area (Å²) in [6.07, 6.45) is 0. The van der Waals surface area contributed by atoms with E-state index in [1.54, 1.807) is 24.3 Å². The Morgan fingerprint density at radius 2 is 2.00 bits per heavy atom. The zero-order chi connectivity index (χ0) is 13.8. The normalized spacial score (nSPS) is 12.4. The first kappa shape index (κ1) is 14.4. The van der Waals surface area contributed by atoms with Gasteiger partial charge in [0.15, 0.2) is 0 Å². The van der Waals surface area contributed by atoms with Gasteiger partial charge in [-0.05, 0) is 23.2 Å². The van der Waals surface area contributed by atoms with Gasteiger partial charge in [-0.3, -0.25) is 4.79 Å². The van der Waals surface area contributed by atoms with Gasteiger partial charge in [0.05, 0.1) is 7.11 Å². The minimum absolute atomic E-state index is 0.562. The Bertz CT molecular complexity index is 479. The van der Waals surface area contributed by atoms with Crippen molar-refractivity contribution >= 4 is 17.6 Å². The zero-order valence-corrected chi connectivity index (χ0v) is 11.2. The van der Waals surface area contributed by atoms with Crippen LogP contribution in [0.4, 0.5) is 0 Å². The summed E-state index contributed by atoms with van der Waals surface area (Å²) in [5.74, 6) is -0.562. The van der Waals surface area contributed by atoms with Crippen molar-refractivity contribution < 1.29 is 9.53 Å². The Morgan fingerprint density at radius 3 is 2.44 bits per heavy atom. The summed E-state index contributed by atoms with van der Waals surface area (Å²) < 4.78 is 4.67. The first-order chi connectivity index (χ1) is 8.43. The fraction of sp³-hybridized carbons (Fsp3) is 0.417. The van der Waals surface area contributed by atoms with E-state index in [4.69, 9.17) is 17.1 Å². The Hall–Kier alpha value is -1.71. The predicted molar refractivity (Wildman–Crippen MR) is 69.4 cm³/mol. The number of benzene rings is 1. The molecule has 0 aliphatic carbocycles. The molecule has 1 aromatic carbocycles. The summed E-state index contributed by atoms with van der Waals surface area (Å²) in [6.45, 7) is 3.62. The molecule has 1 unspecified atom stereocenters. The summed E-state index contributed by atoms with van der Waals surface area (Å²) in [4.78, 5) is 14.4. The van der Waals surface area contributed by atoms with Crippen LogP contribution in [-0.4, -0.2) is 19.1 Å². The molecule has 0 saturated heterocycles. The summed E-state index contributed by atoms with van der Waals surface area (Å²) in [5.41, 5.74) is 8.73. The number of ether oxygens (including phenoxy) is 1. The number of esters is 1. The van der Waals surface area contributed by atoms with E-state index < -0.39 is 17.4 Å². The standard InChI is InChI=1S/C12H14ClN3O2/c1-12(2,8-4-6-9(13)7-5-8)10(15-16-14)11(17)18-3/h4-7,10H,1-3H3. The molecule has 0 N–H and O–H groups in total. The van der Waals surface area contributed by atoms with Crippen LogP contribution < -0.4 is 0 Å². The van der Waals surface area contributed by atoms with Gasteiger partial charge in [-0.1, -0.05) is 42.7 Å². The van der Waals surface area contributed by atoms with E-state index in [-0.39, 0.29) is 0 Å². The Balaban J connectivity index is 3.19. The number of hydrogen-bond donors (Lipinski definition) is 0. The second-order valence-corrected chi connectivity index (χ2v) is 4.80. The molecule has 5 nitrogen and oxygen atoms in total. The molecule has 0 fully saturated rings. The average molecular weight is 268 g/mol. The molecule has 0 bridgehead atoms. The number of carbonyl (C=O) groups is 1. The molecular formula is C12H14ClN3O2. The highest BCUT2D eigenvalue weighted by atomic mass is 35.5. The van der Waals surface area contributed by atoms with Crippen molar-refractivity contribution in [1.82, 2.24) is 0 Å². The van der Waals surface area contributed by atoms with Gasteiger partial charge < -0.3 is 4.74 Å². The molecule has 6 heteroatoms. The van der Waals surface area contributed by atoms with Gasteiger partial charge >= 0.3 is 5.97 Å². The maximum absolute atomic E-state index is 11.7. The van der Waals surface area contributed by atoms with Gasteiger partial charge in [-0.25, -0.2) is 0 Å². The molecule has 0 aromatic heterocycles. The van der Waals surface area contributed by atoms with Crippen LogP contribution in [0.5, 0.6) is 0 Å². The number of hydrogen-bond acceptors (Lipinski definition) is 3. The predicted octanol–water partition coefficient (Wildman–Crippen LogP) is 3.47. The van der Waals surface area contributed by atoms with Crippen LogP contribution in [0.15, 0.2) is 29.4 Å². The molecule has 1 atom stereocenters. The molecule has 1 aromatic rings. The van der Waals surface area contributed by atoms with E-state index >= 15 is 0 Å². The lowest BCUT2D eigenvalue weighted by Gasteiger charge is -2.29. The van der Waals surface area contributed by atoms with Gasteiger partial charge in [0.1, 0.15) is 6.04 Å². The maximum atomic E-state index is 11.7. The smallest absolute Gasteiger partial charge is 0.315 e. The minimum atomic E-state index is -0.923. The molecule has 0 heterocycles. The fourth-order valence-corrected chi connectivity index (χ4v) is 1.81. The summed E-state index contributed by atoms with van der Waals surface area (Å²) in [5, 5.41) is 4.14. The van der Waals surface area contributed by atoms with E-state index in [1.165, 1.54) is 7.11 Å². The fourth-order valence-electron chi connectivity index (χ4n) is 1.69. The third kappa shape index (κ3) is 2.94. The van der Waals surface area contributed by atoms with Crippen LogP contribution in [-0.2, 0) is 14.9 Å². The van der Waals surface area contributed by atoms with E-state index in [9.17, 15) is 4.79 Å². The van der Waals surface area contributed by atoms with Gasteiger partial charge in [-0.15, -0.1) is 0 Å². The molecule has 1 rings (SSSR count). The van der Waals surface area contributed by atoms with Crippen LogP contribution >= 0.6 is 11.6 Å². The van der Waals surface area contributed by atoms with Crippen molar-refractivity contribution in [3.05, 3.63) is 45.3 Å². The zero-order valence-electron chi connectivity index (χ0n) is 10.4. The highest BCUT2D eigenvalue weighted by molar-refractivity contribution is 6.30. The van der Waals surface area contributed by atoms with Crippen LogP contribution in [0, 0.1) is 0 Å². The van der Waals surface area contributed by atoms with Gasteiger partial charge in [0.25, 0.3) is 0 Å². The van der Waals surface area contributed by atoms with Crippen molar-refractivity contribution in [1.29, 1.82) is 0 Å². The van der Waals surface area contributed by atoms with E-state index in [0.717, 1.165) is 5.56 Å². The second-order valence-electron chi connectivity index (χ2n) is 4.36. The van der Waals surface area contributed by atoms with E-state index in [1.807, 2.05) is 13.8 Å². The summed E-state index contributed by atoms with van der Waals surface area (Å²) in [7, 11) is 1.26. The van der Waals surface area contributed by atoms with Crippen molar-refractivity contribution in [3.8, 4) is 0 Å². The lowest BCUT2D eigenvalue weighted by atomic mass is 9.78. The van der Waals surface area contributed by atoms with Crippen molar-refractivity contribution in [2.24, 2.45) is 5.11 Å². The third-order valence-electron chi connectivity index (χ3n) is 2.86. The van der Waals surface area contributed by atoms with E-state index in [2.05, 4.69) is 14.8 Å². The highest BCUT2D eigenvalue weighted by Gasteiger charge is 2.36. The largest absolute Gasteiger partial charge is 0.469 e. The van der Waals surface area contributed by atoms with Gasteiger partial charge in [0, 0.05) is 15.3 Å². The number of rotatable bonds is 4. The van der Waals surface area contributed by atoms with Crippen molar-refractivity contribution in [3.63, 3.8) is 0 Å². The average Bonchev–Trinajstić information content (AvgIpc) is 2.35. The Morgan fingerprint density at radius 1 is 1.44 bits per heavy atom. The molecule has 0 amide bonds. The van der Waals surface area contributed by atoms with Crippen molar-refractivity contribution in [2.75, 3.05) is 7.11 Å². The summed E-state index contributed by atoms with van der Waals surface area (Å²) in [6, 6.07) is 6.12. The van der Waals surface area contributed by atoms with Crippen molar-refractivity contribution in [2.45, 2.75) is 25.3 Å². The first-order valence-corrected chi connectivity index (χ1v) is 5.69. The third-order valence-corrected chi connectivity index (χ3v) is 3.12. The van der Waals surface area contributed by atoms with Crippen LogP contribution in [0.2, 0.25) is 5.02 Å². The number of methoxy groups -OCH3 is 1. The lowest BCUT2D eigenvalue weighted by molar-refractivity contribution is -0.143. The molecule has 18 heavy (non-hydrogen) atoms. The molecule has 0 aliphatic rings. The first-order valence-electron chi connectivity index (χ1n) is 5.31. The number of carbonyl (C=O) groups excluding carboxylic acids is 1. The lowest BCUT2D eigenvalue weighted by Crippen LogP contribution is -2.39. The quantitative estimate of drug-likeness (QED) is 0.362. The second kappa shape index (κ2) is 5.76.